The highest BCUT2D eigenvalue weighted by molar-refractivity contribution is 6.46. The van der Waals surface area contributed by atoms with Crippen LogP contribution in [-0.2, 0) is 9.59 Å². The van der Waals surface area contributed by atoms with Gasteiger partial charge < -0.3 is 29.1 Å². The predicted octanol–water partition coefficient (Wildman–Crippen LogP) is 4.03. The Bertz CT molecular complexity index is 1120. The smallest absolute Gasteiger partial charge is 0.295 e. The molecule has 1 fully saturated rings. The normalized spacial score (nSPS) is 16.9. The number of aliphatic hydroxyl groups excluding tert-OH is 1. The van der Waals surface area contributed by atoms with Crippen molar-refractivity contribution in [3.05, 3.63) is 71.8 Å². The highest BCUT2D eigenvalue weighted by Crippen LogP contribution is 2.42. The minimum Gasteiger partial charge on any atom is -0.507 e. The summed E-state index contributed by atoms with van der Waals surface area (Å²) in [6.45, 7) is 7.42. The van der Waals surface area contributed by atoms with Gasteiger partial charge in [0.2, 0.25) is 0 Å². The molecule has 3 rings (SSSR count). The molecule has 2 aromatic carbocycles. The Morgan fingerprint density at radius 1 is 1.11 bits per heavy atom. The van der Waals surface area contributed by atoms with Crippen molar-refractivity contribution in [3.8, 4) is 17.2 Å². The number of nitrogens with zero attached hydrogens (tertiary/aromatic N) is 2. The van der Waals surface area contributed by atoms with Gasteiger partial charge >= 0.3 is 0 Å². The lowest BCUT2D eigenvalue weighted by molar-refractivity contribution is -0.139. The Morgan fingerprint density at radius 2 is 1.83 bits per heavy atom. The van der Waals surface area contributed by atoms with Crippen molar-refractivity contribution in [1.82, 2.24) is 9.80 Å². The number of hydrogen-bond donors (Lipinski definition) is 1. The first-order chi connectivity index (χ1) is 17.3. The van der Waals surface area contributed by atoms with E-state index in [4.69, 9.17) is 14.2 Å². The molecular weight excluding hydrogens is 460 g/mol. The maximum Gasteiger partial charge on any atom is 0.295 e. The number of carbonyl (C=O) groups excluding carboxylic acids is 2. The average molecular weight is 495 g/mol. The fourth-order valence-corrected chi connectivity index (χ4v) is 4.16. The van der Waals surface area contributed by atoms with E-state index < -0.39 is 17.7 Å². The second kappa shape index (κ2) is 12.3. The monoisotopic (exact) mass is 494 g/mol. The molecule has 0 bridgehead atoms. The molecule has 2 aromatic rings. The molecular formula is C28H34N2O6. The zero-order valence-electron chi connectivity index (χ0n) is 21.3. The van der Waals surface area contributed by atoms with Crippen LogP contribution in [0, 0.1) is 0 Å². The maximum absolute atomic E-state index is 13.2. The lowest BCUT2D eigenvalue weighted by Crippen LogP contribution is -2.32. The van der Waals surface area contributed by atoms with Gasteiger partial charge in [0.15, 0.2) is 11.5 Å². The second-order valence-electron chi connectivity index (χ2n) is 8.62. The van der Waals surface area contributed by atoms with E-state index in [-0.39, 0.29) is 11.3 Å². The van der Waals surface area contributed by atoms with Gasteiger partial charge in [-0.05, 0) is 75.9 Å². The first-order valence-electron chi connectivity index (χ1n) is 11.9. The van der Waals surface area contributed by atoms with Gasteiger partial charge in [0.25, 0.3) is 11.7 Å². The molecule has 1 aliphatic rings. The van der Waals surface area contributed by atoms with Gasteiger partial charge in [-0.2, -0.15) is 0 Å². The van der Waals surface area contributed by atoms with Crippen molar-refractivity contribution in [3.63, 3.8) is 0 Å². The van der Waals surface area contributed by atoms with Crippen LogP contribution in [0.1, 0.15) is 30.5 Å². The van der Waals surface area contributed by atoms with E-state index in [9.17, 15) is 14.7 Å². The van der Waals surface area contributed by atoms with E-state index in [1.807, 2.05) is 25.9 Å². The average Bonchev–Trinajstić information content (AvgIpc) is 3.12. The van der Waals surface area contributed by atoms with E-state index in [2.05, 4.69) is 6.58 Å². The van der Waals surface area contributed by atoms with Crippen molar-refractivity contribution in [2.45, 2.75) is 19.4 Å². The lowest BCUT2D eigenvalue weighted by atomic mass is 9.95. The van der Waals surface area contributed by atoms with Crippen LogP contribution in [0.2, 0.25) is 0 Å². The predicted molar refractivity (Wildman–Crippen MR) is 138 cm³/mol. The number of rotatable bonds is 12. The molecule has 1 amide bonds. The molecule has 1 atom stereocenters. The molecule has 1 unspecified atom stereocenters. The Balaban J connectivity index is 2.08. The van der Waals surface area contributed by atoms with Gasteiger partial charge in [0.05, 0.1) is 25.3 Å². The van der Waals surface area contributed by atoms with E-state index >= 15 is 0 Å². The Labute approximate surface area is 212 Å². The largest absolute Gasteiger partial charge is 0.507 e. The quantitative estimate of drug-likeness (QED) is 0.206. The number of amides is 1. The van der Waals surface area contributed by atoms with Crippen molar-refractivity contribution in [2.24, 2.45) is 0 Å². The van der Waals surface area contributed by atoms with Crippen LogP contribution >= 0.6 is 0 Å². The molecule has 0 aliphatic carbocycles. The Hall–Kier alpha value is -3.78. The number of carbonyl (C=O) groups is 2. The first kappa shape index (κ1) is 26.8. The zero-order chi connectivity index (χ0) is 26.2. The van der Waals surface area contributed by atoms with Crippen molar-refractivity contribution < 1.29 is 28.9 Å². The summed E-state index contributed by atoms with van der Waals surface area (Å²) in [5.74, 6) is 0.0432. The number of ketones is 1. The molecule has 36 heavy (non-hydrogen) atoms. The summed E-state index contributed by atoms with van der Waals surface area (Å²) in [5.41, 5.74) is 1.10. The summed E-state index contributed by atoms with van der Waals surface area (Å²) in [4.78, 5) is 29.9. The lowest BCUT2D eigenvalue weighted by Gasteiger charge is -2.26. The fourth-order valence-electron chi connectivity index (χ4n) is 4.16. The Kier molecular flexibility index (Phi) is 9.13. The molecule has 1 aliphatic heterocycles. The third-order valence-electron chi connectivity index (χ3n) is 5.84. The third-order valence-corrected chi connectivity index (χ3v) is 5.84. The number of methoxy groups -OCH3 is 1. The van der Waals surface area contributed by atoms with Gasteiger partial charge in [-0.1, -0.05) is 18.7 Å². The molecule has 8 heteroatoms. The number of benzene rings is 2. The number of Topliss-reactive ketones (excluding diaryl/α,β-unsaturated/α-hetero) is 1. The van der Waals surface area contributed by atoms with Crippen LogP contribution in [0.25, 0.3) is 5.76 Å². The van der Waals surface area contributed by atoms with Gasteiger partial charge in [0, 0.05) is 12.1 Å². The van der Waals surface area contributed by atoms with Crippen LogP contribution in [0.15, 0.2) is 60.7 Å². The molecule has 0 spiro atoms. The summed E-state index contributed by atoms with van der Waals surface area (Å²) in [6, 6.07) is 11.2. The molecule has 1 N–H and O–H groups in total. The van der Waals surface area contributed by atoms with Crippen LogP contribution in [0.5, 0.6) is 17.2 Å². The number of aliphatic hydroxyl groups is 1. The number of hydrogen-bond acceptors (Lipinski definition) is 7. The molecule has 1 saturated heterocycles. The van der Waals surface area contributed by atoms with Crippen molar-refractivity contribution >= 4 is 17.4 Å². The van der Waals surface area contributed by atoms with Gasteiger partial charge in [0.1, 0.15) is 18.1 Å². The van der Waals surface area contributed by atoms with E-state index in [0.29, 0.717) is 54.6 Å². The van der Waals surface area contributed by atoms with Gasteiger partial charge in [-0.15, -0.1) is 0 Å². The highest BCUT2D eigenvalue weighted by Gasteiger charge is 2.46. The molecule has 8 nitrogen and oxygen atoms in total. The molecule has 0 saturated carbocycles. The SMILES string of the molecule is C=CCOc1ccc(/C(O)=C2\C(=O)C(=O)N(CCCN(C)C)C2c2ccc(OCC)c(OC)c2)cc1. The maximum atomic E-state index is 13.2. The third kappa shape index (κ3) is 5.88. The number of ether oxygens (including phenoxy) is 3. The Morgan fingerprint density at radius 3 is 2.44 bits per heavy atom. The molecule has 192 valence electrons. The fraction of sp³-hybridized carbons (Fsp3) is 0.357. The minimum absolute atomic E-state index is 0.0378. The standard InChI is InChI=1S/C28H34N2O6/c1-6-17-36-21-12-9-19(10-13-21)26(31)24-25(20-11-14-22(35-7-2)23(18-20)34-5)30(28(33)27(24)32)16-8-15-29(3)4/h6,9-14,18,25,31H,1,7-8,15-17H2,2-5H3/b26-24+. The summed E-state index contributed by atoms with van der Waals surface area (Å²) in [7, 11) is 5.43. The molecule has 1 heterocycles. The van der Waals surface area contributed by atoms with Crippen LogP contribution in [-0.4, -0.2) is 74.1 Å². The summed E-state index contributed by atoms with van der Waals surface area (Å²) >= 11 is 0. The van der Waals surface area contributed by atoms with Crippen LogP contribution in [0.3, 0.4) is 0 Å². The second-order valence-corrected chi connectivity index (χ2v) is 8.62. The van der Waals surface area contributed by atoms with E-state index in [1.54, 1.807) is 48.5 Å². The van der Waals surface area contributed by atoms with E-state index in [0.717, 1.165) is 6.54 Å². The van der Waals surface area contributed by atoms with Gasteiger partial charge in [-0.3, -0.25) is 9.59 Å². The molecule has 0 aromatic heterocycles. The topological polar surface area (TPSA) is 88.5 Å². The minimum atomic E-state index is -0.770. The first-order valence-corrected chi connectivity index (χ1v) is 11.9. The zero-order valence-corrected chi connectivity index (χ0v) is 21.3. The number of likely N-dealkylation sites (tertiary alicyclic amines) is 1. The van der Waals surface area contributed by atoms with Crippen LogP contribution in [0.4, 0.5) is 0 Å². The van der Waals surface area contributed by atoms with E-state index in [1.165, 1.54) is 12.0 Å². The van der Waals surface area contributed by atoms with Crippen molar-refractivity contribution in [1.29, 1.82) is 0 Å². The summed E-state index contributed by atoms with van der Waals surface area (Å²) in [6.07, 6.45) is 2.30. The molecule has 0 radical (unpaired) electrons. The van der Waals surface area contributed by atoms with Crippen molar-refractivity contribution in [2.75, 3.05) is 47.5 Å². The van der Waals surface area contributed by atoms with Gasteiger partial charge in [-0.25, -0.2) is 0 Å². The van der Waals surface area contributed by atoms with Crippen LogP contribution < -0.4 is 14.2 Å². The summed E-state index contributed by atoms with van der Waals surface area (Å²) in [5, 5.41) is 11.3. The summed E-state index contributed by atoms with van der Waals surface area (Å²) < 4.78 is 16.6. The highest BCUT2D eigenvalue weighted by atomic mass is 16.5.